The minimum Gasteiger partial charge on any atom is -0.368 e. The summed E-state index contributed by atoms with van der Waals surface area (Å²) in [6.07, 6.45) is 6.02. The molecule has 1 nitrogen and oxygen atoms in total. The summed E-state index contributed by atoms with van der Waals surface area (Å²) in [6.45, 7) is 0. The summed E-state index contributed by atoms with van der Waals surface area (Å²) >= 11 is 7.77. The van der Waals surface area contributed by atoms with E-state index in [4.69, 9.17) is 11.6 Å². The number of allylic oxidation sites excluding steroid dienone is 2. The van der Waals surface area contributed by atoms with Crippen molar-refractivity contribution >= 4 is 29.1 Å². The van der Waals surface area contributed by atoms with E-state index in [0.717, 1.165) is 10.7 Å². The Morgan fingerprint density at radius 1 is 1.20 bits per heavy atom. The Morgan fingerprint density at radius 2 is 1.93 bits per heavy atom. The average molecular weight is 238 g/mol. The molecule has 1 aliphatic heterocycles. The van der Waals surface area contributed by atoms with E-state index in [1.165, 1.54) is 5.56 Å². The van der Waals surface area contributed by atoms with Gasteiger partial charge in [0.1, 0.15) is 5.37 Å². The van der Waals surface area contributed by atoms with Crippen molar-refractivity contribution in [3.63, 3.8) is 0 Å². The van der Waals surface area contributed by atoms with Crippen molar-refractivity contribution in [2.24, 2.45) is 0 Å². The van der Waals surface area contributed by atoms with Crippen molar-refractivity contribution in [1.82, 2.24) is 5.32 Å². The van der Waals surface area contributed by atoms with Crippen LogP contribution in [0.15, 0.2) is 47.5 Å². The number of thioether (sulfide) groups is 1. The van der Waals surface area contributed by atoms with E-state index in [-0.39, 0.29) is 5.37 Å². The van der Waals surface area contributed by atoms with Crippen molar-refractivity contribution in [3.8, 4) is 0 Å². The van der Waals surface area contributed by atoms with Gasteiger partial charge in [-0.1, -0.05) is 41.9 Å². The van der Waals surface area contributed by atoms with Crippen LogP contribution in [0.1, 0.15) is 5.56 Å². The summed E-state index contributed by atoms with van der Waals surface area (Å²) in [4.78, 5) is 0. The van der Waals surface area contributed by atoms with Crippen LogP contribution in [0.25, 0.3) is 5.70 Å². The Morgan fingerprint density at radius 3 is 2.60 bits per heavy atom. The molecule has 0 aromatic heterocycles. The molecule has 2 rings (SSSR count). The van der Waals surface area contributed by atoms with Crippen LogP contribution < -0.4 is 5.32 Å². The van der Waals surface area contributed by atoms with Gasteiger partial charge in [-0.25, -0.2) is 0 Å². The van der Waals surface area contributed by atoms with Crippen LogP contribution in [0, 0.1) is 0 Å². The maximum Gasteiger partial charge on any atom is 0.108 e. The maximum atomic E-state index is 6.07. The van der Waals surface area contributed by atoms with Crippen molar-refractivity contribution in [2.75, 3.05) is 6.26 Å². The Hall–Kier alpha value is -0.860. The Balaban J connectivity index is 2.26. The third-order valence-corrected chi connectivity index (χ3v) is 3.58. The molecule has 0 spiro atoms. The molecule has 1 aliphatic rings. The Kier molecular flexibility index (Phi) is 3.39. The van der Waals surface area contributed by atoms with Crippen LogP contribution in [0.2, 0.25) is 0 Å². The second-order valence-corrected chi connectivity index (χ2v) is 4.64. The maximum absolute atomic E-state index is 6.07. The molecule has 1 atom stereocenters. The number of halogens is 1. The van der Waals surface area contributed by atoms with E-state index >= 15 is 0 Å². The van der Waals surface area contributed by atoms with E-state index in [0.29, 0.717) is 0 Å². The van der Waals surface area contributed by atoms with Crippen LogP contribution in [-0.2, 0) is 0 Å². The first-order chi connectivity index (χ1) is 7.31. The van der Waals surface area contributed by atoms with E-state index in [1.54, 1.807) is 11.8 Å². The number of rotatable bonds is 2. The first-order valence-corrected chi connectivity index (χ1v) is 6.40. The summed E-state index contributed by atoms with van der Waals surface area (Å²) in [5, 5.41) is 4.42. The molecule has 15 heavy (non-hydrogen) atoms. The highest BCUT2D eigenvalue weighted by Gasteiger charge is 2.15. The van der Waals surface area contributed by atoms with Crippen LogP contribution in [0.5, 0.6) is 0 Å². The first kappa shape index (κ1) is 10.7. The quantitative estimate of drug-likeness (QED) is 0.846. The molecular weight excluding hydrogens is 226 g/mol. The molecule has 1 N–H and O–H groups in total. The van der Waals surface area contributed by atoms with E-state index in [1.807, 2.05) is 36.6 Å². The van der Waals surface area contributed by atoms with Crippen molar-refractivity contribution < 1.29 is 0 Å². The van der Waals surface area contributed by atoms with E-state index in [2.05, 4.69) is 17.4 Å². The lowest BCUT2D eigenvalue weighted by Crippen LogP contribution is -2.26. The summed E-state index contributed by atoms with van der Waals surface area (Å²) in [5.74, 6) is 0. The molecule has 3 heteroatoms. The fourth-order valence-electron chi connectivity index (χ4n) is 1.48. The topological polar surface area (TPSA) is 12.0 Å². The highest BCUT2D eigenvalue weighted by molar-refractivity contribution is 7.99. The summed E-state index contributed by atoms with van der Waals surface area (Å²) in [5.41, 5.74) is 2.32. The third kappa shape index (κ3) is 2.39. The lowest BCUT2D eigenvalue weighted by atomic mass is 10.1. The van der Waals surface area contributed by atoms with Gasteiger partial charge in [-0.05, 0) is 24.0 Å². The number of hydrogen-bond acceptors (Lipinski definition) is 2. The van der Waals surface area contributed by atoms with Gasteiger partial charge in [-0.15, -0.1) is 11.8 Å². The number of nitrogens with one attached hydrogen (secondary N) is 1. The molecule has 0 radical (unpaired) electrons. The van der Waals surface area contributed by atoms with Gasteiger partial charge in [0.25, 0.3) is 0 Å². The summed E-state index contributed by atoms with van der Waals surface area (Å²) in [6, 6.07) is 10.3. The largest absolute Gasteiger partial charge is 0.368 e. The van der Waals surface area contributed by atoms with Crippen molar-refractivity contribution in [1.29, 1.82) is 0 Å². The predicted octanol–water partition coefficient (Wildman–Crippen LogP) is 3.44. The van der Waals surface area contributed by atoms with Crippen molar-refractivity contribution in [3.05, 3.63) is 53.1 Å². The Bertz CT molecular complexity index is 397. The lowest BCUT2D eigenvalue weighted by Gasteiger charge is -2.22. The molecule has 1 aromatic rings. The van der Waals surface area contributed by atoms with Crippen LogP contribution >= 0.6 is 23.4 Å². The van der Waals surface area contributed by atoms with Gasteiger partial charge < -0.3 is 5.32 Å². The smallest absolute Gasteiger partial charge is 0.108 e. The highest BCUT2D eigenvalue weighted by Crippen LogP contribution is 2.26. The van der Waals surface area contributed by atoms with Gasteiger partial charge in [0.15, 0.2) is 0 Å². The standard InChI is InChI=1S/C12H12ClNS/c1-15-12-10(13)7-8-11(14-12)9-5-3-2-4-6-9/h2-8,12,14H,1H3. The molecule has 0 saturated heterocycles. The molecule has 78 valence electrons. The summed E-state index contributed by atoms with van der Waals surface area (Å²) < 4.78 is 0. The van der Waals surface area contributed by atoms with Crippen LogP contribution in [-0.4, -0.2) is 11.6 Å². The van der Waals surface area contributed by atoms with Gasteiger partial charge in [0, 0.05) is 5.70 Å². The summed E-state index contributed by atoms with van der Waals surface area (Å²) in [7, 11) is 0. The number of dihydropyridines is 1. The van der Waals surface area contributed by atoms with Gasteiger partial charge in [0.05, 0.1) is 5.03 Å². The molecule has 0 bridgehead atoms. The second-order valence-electron chi connectivity index (χ2n) is 3.26. The second kappa shape index (κ2) is 4.77. The zero-order chi connectivity index (χ0) is 10.7. The molecule has 0 amide bonds. The predicted molar refractivity (Wildman–Crippen MR) is 68.8 cm³/mol. The van der Waals surface area contributed by atoms with E-state index in [9.17, 15) is 0 Å². The Labute approximate surface area is 99.2 Å². The fraction of sp³-hybridized carbons (Fsp3) is 0.167. The molecule has 0 fully saturated rings. The van der Waals surface area contributed by atoms with Gasteiger partial charge >= 0.3 is 0 Å². The number of hydrogen-bond donors (Lipinski definition) is 1. The van der Waals surface area contributed by atoms with Crippen LogP contribution in [0.4, 0.5) is 0 Å². The SMILES string of the molecule is CSC1NC(c2ccccc2)=CC=C1Cl. The zero-order valence-electron chi connectivity index (χ0n) is 8.41. The van der Waals surface area contributed by atoms with Crippen LogP contribution in [0.3, 0.4) is 0 Å². The van der Waals surface area contributed by atoms with Crippen molar-refractivity contribution in [2.45, 2.75) is 5.37 Å². The monoisotopic (exact) mass is 237 g/mol. The lowest BCUT2D eigenvalue weighted by molar-refractivity contribution is 0.923. The zero-order valence-corrected chi connectivity index (χ0v) is 9.98. The van der Waals surface area contributed by atoms with Gasteiger partial charge in [-0.3, -0.25) is 0 Å². The molecular formula is C12H12ClNS. The van der Waals surface area contributed by atoms with E-state index < -0.39 is 0 Å². The molecule has 1 aromatic carbocycles. The minimum atomic E-state index is 0.173. The van der Waals surface area contributed by atoms with Gasteiger partial charge in [0.2, 0.25) is 0 Å². The fourth-order valence-corrected chi connectivity index (χ4v) is 2.41. The molecule has 0 aliphatic carbocycles. The normalized spacial score (nSPS) is 20.3. The van der Waals surface area contributed by atoms with Gasteiger partial charge in [-0.2, -0.15) is 0 Å². The molecule has 0 saturated carbocycles. The number of benzene rings is 1. The highest BCUT2D eigenvalue weighted by atomic mass is 35.5. The third-order valence-electron chi connectivity index (χ3n) is 2.27. The average Bonchev–Trinajstić information content (AvgIpc) is 2.31. The first-order valence-electron chi connectivity index (χ1n) is 4.73. The molecule has 1 heterocycles. The minimum absolute atomic E-state index is 0.173. The molecule has 1 unspecified atom stereocenters.